The van der Waals surface area contributed by atoms with E-state index in [-0.39, 0.29) is 5.78 Å². The number of para-hydroxylation sites is 2. The fourth-order valence-corrected chi connectivity index (χ4v) is 2.88. The highest BCUT2D eigenvalue weighted by atomic mass is 32.1. The molecule has 3 rings (SSSR count). The van der Waals surface area contributed by atoms with Gasteiger partial charge in [-0.2, -0.15) is 0 Å². The summed E-state index contributed by atoms with van der Waals surface area (Å²) in [7, 11) is 0. The van der Waals surface area contributed by atoms with Crippen molar-refractivity contribution in [3.05, 3.63) is 46.7 Å². The Hall–Kier alpha value is -2.01. The molecule has 102 valence electrons. The van der Waals surface area contributed by atoms with E-state index in [1.54, 1.807) is 11.7 Å². The Kier molecular flexibility index (Phi) is 3.60. The predicted octanol–water partition coefficient (Wildman–Crippen LogP) is 3.33. The van der Waals surface area contributed by atoms with Gasteiger partial charge in [0.1, 0.15) is 5.82 Å². The molecule has 0 atom stereocenters. The Bertz CT molecular complexity index is 731. The third-order valence-electron chi connectivity index (χ3n) is 3.21. The van der Waals surface area contributed by atoms with Gasteiger partial charge >= 0.3 is 0 Å². The van der Waals surface area contributed by atoms with Gasteiger partial charge in [-0.05, 0) is 18.6 Å². The summed E-state index contributed by atoms with van der Waals surface area (Å²) in [6, 6.07) is 8.02. The number of aryl methyl sites for hydroxylation is 1. The van der Waals surface area contributed by atoms with E-state index in [0.29, 0.717) is 11.3 Å². The van der Waals surface area contributed by atoms with E-state index in [4.69, 9.17) is 0 Å². The zero-order chi connectivity index (χ0) is 13.9. The van der Waals surface area contributed by atoms with Crippen LogP contribution in [0.4, 0.5) is 0 Å². The lowest BCUT2D eigenvalue weighted by atomic mass is 10.2. The maximum atomic E-state index is 12.2. The second-order valence-corrected chi connectivity index (χ2v) is 5.52. The molecule has 0 amide bonds. The molecule has 0 aliphatic carbocycles. The van der Waals surface area contributed by atoms with Gasteiger partial charge in [0, 0.05) is 12.7 Å². The molecule has 0 radical (unpaired) electrons. The van der Waals surface area contributed by atoms with Crippen molar-refractivity contribution < 1.29 is 4.79 Å². The van der Waals surface area contributed by atoms with Crippen LogP contribution >= 0.6 is 11.3 Å². The van der Waals surface area contributed by atoms with Crippen LogP contribution < -0.4 is 0 Å². The SMILES string of the molecule is CCCn1c(CC(=O)c2cncs2)nc2ccccc21. The number of hydrogen-bond donors (Lipinski definition) is 0. The van der Waals surface area contributed by atoms with Gasteiger partial charge in [-0.3, -0.25) is 9.78 Å². The molecule has 0 aliphatic heterocycles. The highest BCUT2D eigenvalue weighted by Crippen LogP contribution is 2.18. The van der Waals surface area contributed by atoms with E-state index >= 15 is 0 Å². The molecule has 0 unspecified atom stereocenters. The average molecular weight is 285 g/mol. The van der Waals surface area contributed by atoms with Crippen molar-refractivity contribution in [3.8, 4) is 0 Å². The van der Waals surface area contributed by atoms with E-state index in [1.165, 1.54) is 11.3 Å². The van der Waals surface area contributed by atoms with Crippen molar-refractivity contribution in [2.75, 3.05) is 0 Å². The quantitative estimate of drug-likeness (QED) is 0.676. The molecule has 0 aliphatic rings. The summed E-state index contributed by atoms with van der Waals surface area (Å²) in [6.07, 6.45) is 2.97. The monoisotopic (exact) mass is 285 g/mol. The second kappa shape index (κ2) is 5.54. The van der Waals surface area contributed by atoms with Gasteiger partial charge in [-0.25, -0.2) is 4.98 Å². The molecular weight excluding hydrogens is 270 g/mol. The van der Waals surface area contributed by atoms with Gasteiger partial charge in [0.25, 0.3) is 0 Å². The first-order valence-electron chi connectivity index (χ1n) is 6.65. The molecule has 2 aromatic heterocycles. The molecule has 0 spiro atoms. The Labute approximate surface area is 121 Å². The predicted molar refractivity (Wildman–Crippen MR) is 80.2 cm³/mol. The standard InChI is InChI=1S/C15H15N3OS/c1-2-7-18-12-6-4-3-5-11(12)17-15(18)8-13(19)14-9-16-10-20-14/h3-6,9-10H,2,7-8H2,1H3. The first-order valence-corrected chi connectivity index (χ1v) is 7.53. The Balaban J connectivity index is 1.98. The highest BCUT2D eigenvalue weighted by Gasteiger charge is 2.15. The lowest BCUT2D eigenvalue weighted by Gasteiger charge is -2.06. The Morgan fingerprint density at radius 1 is 1.35 bits per heavy atom. The molecule has 20 heavy (non-hydrogen) atoms. The van der Waals surface area contributed by atoms with Crippen LogP contribution in [0.2, 0.25) is 0 Å². The molecule has 0 saturated heterocycles. The van der Waals surface area contributed by atoms with Gasteiger partial charge in [0.2, 0.25) is 0 Å². The number of Topliss-reactive ketones (excluding diaryl/α,β-unsaturated/α-hetero) is 1. The molecule has 5 heteroatoms. The van der Waals surface area contributed by atoms with Gasteiger partial charge in [-0.15, -0.1) is 11.3 Å². The van der Waals surface area contributed by atoms with E-state index in [9.17, 15) is 4.79 Å². The lowest BCUT2D eigenvalue weighted by molar-refractivity contribution is 0.0993. The van der Waals surface area contributed by atoms with Crippen molar-refractivity contribution in [1.82, 2.24) is 14.5 Å². The summed E-state index contributed by atoms with van der Waals surface area (Å²) in [5.41, 5.74) is 3.73. The minimum atomic E-state index is 0.0835. The van der Waals surface area contributed by atoms with Crippen LogP contribution in [0, 0.1) is 0 Å². The lowest BCUT2D eigenvalue weighted by Crippen LogP contribution is -2.09. The molecule has 0 fully saturated rings. The first kappa shape index (κ1) is 13.0. The summed E-state index contributed by atoms with van der Waals surface area (Å²) < 4.78 is 2.15. The van der Waals surface area contributed by atoms with Crippen LogP contribution in [0.5, 0.6) is 0 Å². The summed E-state index contributed by atoms with van der Waals surface area (Å²) in [4.78, 5) is 21.5. The minimum absolute atomic E-state index is 0.0835. The molecular formula is C15H15N3OS. The smallest absolute Gasteiger partial charge is 0.181 e. The van der Waals surface area contributed by atoms with Crippen molar-refractivity contribution in [3.63, 3.8) is 0 Å². The number of imidazole rings is 1. The average Bonchev–Trinajstić information content (AvgIpc) is 3.08. The number of ketones is 1. The zero-order valence-electron chi connectivity index (χ0n) is 11.2. The summed E-state index contributed by atoms with van der Waals surface area (Å²) in [6.45, 7) is 3.01. The zero-order valence-corrected chi connectivity index (χ0v) is 12.1. The second-order valence-electron chi connectivity index (χ2n) is 4.63. The molecule has 0 N–H and O–H groups in total. The maximum absolute atomic E-state index is 12.2. The molecule has 0 bridgehead atoms. The Morgan fingerprint density at radius 2 is 2.20 bits per heavy atom. The van der Waals surface area contributed by atoms with Gasteiger partial charge in [0.15, 0.2) is 5.78 Å². The largest absolute Gasteiger partial charge is 0.328 e. The maximum Gasteiger partial charge on any atom is 0.181 e. The van der Waals surface area contributed by atoms with Gasteiger partial charge < -0.3 is 4.57 Å². The van der Waals surface area contributed by atoms with Crippen molar-refractivity contribution in [2.24, 2.45) is 0 Å². The van der Waals surface area contributed by atoms with Crippen LogP contribution in [0.15, 0.2) is 36.0 Å². The first-order chi connectivity index (χ1) is 9.79. The molecule has 4 nitrogen and oxygen atoms in total. The Morgan fingerprint density at radius 3 is 2.95 bits per heavy atom. The summed E-state index contributed by atoms with van der Waals surface area (Å²) in [5, 5.41) is 0. The highest BCUT2D eigenvalue weighted by molar-refractivity contribution is 7.11. The van der Waals surface area contributed by atoms with Crippen LogP contribution in [0.25, 0.3) is 11.0 Å². The number of aromatic nitrogens is 3. The number of nitrogens with zero attached hydrogens (tertiary/aromatic N) is 3. The number of hydrogen-bond acceptors (Lipinski definition) is 4. The normalized spacial score (nSPS) is 11.1. The van der Waals surface area contributed by atoms with Crippen LogP contribution in [-0.2, 0) is 13.0 Å². The van der Waals surface area contributed by atoms with Crippen molar-refractivity contribution >= 4 is 28.2 Å². The fourth-order valence-electron chi connectivity index (χ4n) is 2.32. The fraction of sp³-hybridized carbons (Fsp3) is 0.267. The van der Waals surface area contributed by atoms with E-state index in [1.807, 2.05) is 18.2 Å². The van der Waals surface area contributed by atoms with E-state index in [2.05, 4.69) is 27.5 Å². The number of rotatable bonds is 5. The van der Waals surface area contributed by atoms with E-state index in [0.717, 1.165) is 29.8 Å². The number of fused-ring (bicyclic) bond motifs is 1. The topological polar surface area (TPSA) is 47.8 Å². The van der Waals surface area contributed by atoms with Crippen LogP contribution in [-0.4, -0.2) is 20.3 Å². The van der Waals surface area contributed by atoms with Crippen LogP contribution in [0.1, 0.15) is 28.8 Å². The number of carbonyl (C=O) groups is 1. The third kappa shape index (κ3) is 2.36. The number of carbonyl (C=O) groups excluding carboxylic acids is 1. The molecule has 2 heterocycles. The van der Waals surface area contributed by atoms with E-state index < -0.39 is 0 Å². The summed E-state index contributed by atoms with van der Waals surface area (Å²) in [5.74, 6) is 0.923. The molecule has 1 aromatic carbocycles. The van der Waals surface area contributed by atoms with Crippen LogP contribution in [0.3, 0.4) is 0 Å². The van der Waals surface area contributed by atoms with Gasteiger partial charge in [-0.1, -0.05) is 19.1 Å². The molecule has 0 saturated carbocycles. The van der Waals surface area contributed by atoms with Crippen molar-refractivity contribution in [1.29, 1.82) is 0 Å². The van der Waals surface area contributed by atoms with Crippen molar-refractivity contribution in [2.45, 2.75) is 26.3 Å². The third-order valence-corrected chi connectivity index (χ3v) is 4.02. The number of thiazole rings is 1. The minimum Gasteiger partial charge on any atom is -0.328 e. The number of benzene rings is 1. The van der Waals surface area contributed by atoms with Gasteiger partial charge in [0.05, 0.1) is 27.8 Å². The molecule has 3 aromatic rings. The summed E-state index contributed by atoms with van der Waals surface area (Å²) >= 11 is 1.38.